The maximum Gasteiger partial charge on any atom is 0.336 e. The molecule has 1 heterocycles. The number of Topliss-reactive ketones (excluding diaryl/α,β-unsaturated/α-hetero) is 1. The van der Waals surface area contributed by atoms with Gasteiger partial charge in [-0.3, -0.25) is 0 Å². The van der Waals surface area contributed by atoms with Crippen LogP contribution in [0.1, 0.15) is 18.9 Å². The zero-order valence-corrected chi connectivity index (χ0v) is 11.7. The lowest BCUT2D eigenvalue weighted by Gasteiger charge is -2.11. The molecule has 0 aliphatic rings. The van der Waals surface area contributed by atoms with E-state index in [1.165, 1.54) is 27.2 Å². The van der Waals surface area contributed by atoms with Crippen molar-refractivity contribution in [2.45, 2.75) is 19.8 Å². The van der Waals surface area contributed by atoms with Crippen molar-refractivity contribution in [1.29, 1.82) is 0 Å². The van der Waals surface area contributed by atoms with E-state index in [0.29, 0.717) is 35.3 Å². The molecule has 0 fully saturated rings. The summed E-state index contributed by atoms with van der Waals surface area (Å²) in [6.07, 6.45) is 0.841. The van der Waals surface area contributed by atoms with Crippen molar-refractivity contribution in [2.75, 3.05) is 14.2 Å². The minimum Gasteiger partial charge on any atom is -0.496 e. The predicted molar refractivity (Wildman–Crippen MR) is 74.6 cm³/mol. The number of aryl methyl sites for hydroxylation is 1. The number of rotatable bonds is 5. The van der Waals surface area contributed by atoms with E-state index in [4.69, 9.17) is 13.9 Å². The minimum absolute atomic E-state index is 0.0684. The summed E-state index contributed by atoms with van der Waals surface area (Å²) < 4.78 is 15.7. The van der Waals surface area contributed by atoms with E-state index in [1.54, 1.807) is 12.1 Å². The average molecular weight is 276 g/mol. The lowest BCUT2D eigenvalue weighted by Crippen LogP contribution is -2.04. The fraction of sp³-hybridized carbons (Fsp3) is 0.333. The second kappa shape index (κ2) is 5.77. The summed E-state index contributed by atoms with van der Waals surface area (Å²) in [6.45, 7) is 1.52. The molecule has 0 N–H and O–H groups in total. The number of carbonyl (C=O) groups excluding carboxylic acids is 1. The van der Waals surface area contributed by atoms with Crippen molar-refractivity contribution < 1.29 is 18.7 Å². The molecule has 0 atom stereocenters. The van der Waals surface area contributed by atoms with Crippen molar-refractivity contribution in [3.05, 3.63) is 34.2 Å². The largest absolute Gasteiger partial charge is 0.496 e. The average Bonchev–Trinajstić information content (AvgIpc) is 2.42. The SMILES string of the molecule is COc1cc(OC)c2c(CCC(C)=O)cc(=O)oc2c1. The molecule has 0 unspecified atom stereocenters. The van der Waals surface area contributed by atoms with Crippen LogP contribution in [-0.4, -0.2) is 20.0 Å². The number of hydrogen-bond acceptors (Lipinski definition) is 5. The molecule has 2 aromatic rings. The highest BCUT2D eigenvalue weighted by Gasteiger charge is 2.13. The molecule has 0 amide bonds. The van der Waals surface area contributed by atoms with Gasteiger partial charge in [0.2, 0.25) is 0 Å². The molecule has 0 bridgehead atoms. The third kappa shape index (κ3) is 2.82. The Morgan fingerprint density at radius 2 is 1.95 bits per heavy atom. The molecule has 0 saturated heterocycles. The Morgan fingerprint density at radius 3 is 2.55 bits per heavy atom. The molecule has 0 aliphatic carbocycles. The van der Waals surface area contributed by atoms with Crippen LogP contribution < -0.4 is 15.1 Å². The van der Waals surface area contributed by atoms with Crippen molar-refractivity contribution in [3.63, 3.8) is 0 Å². The Hall–Kier alpha value is -2.30. The Morgan fingerprint density at radius 1 is 1.20 bits per heavy atom. The van der Waals surface area contributed by atoms with Crippen molar-refractivity contribution >= 4 is 16.8 Å². The van der Waals surface area contributed by atoms with Crippen LogP contribution in [0.3, 0.4) is 0 Å². The van der Waals surface area contributed by atoms with Crippen LogP contribution in [0, 0.1) is 0 Å². The zero-order valence-electron chi connectivity index (χ0n) is 11.7. The van der Waals surface area contributed by atoms with Crippen molar-refractivity contribution in [3.8, 4) is 11.5 Å². The van der Waals surface area contributed by atoms with Gasteiger partial charge in [0.05, 0.1) is 19.6 Å². The Labute approximate surface area is 116 Å². The lowest BCUT2D eigenvalue weighted by atomic mass is 10.0. The molecule has 5 heteroatoms. The Kier molecular flexibility index (Phi) is 4.08. The van der Waals surface area contributed by atoms with Crippen molar-refractivity contribution in [1.82, 2.24) is 0 Å². The number of carbonyl (C=O) groups is 1. The van der Waals surface area contributed by atoms with Gasteiger partial charge < -0.3 is 18.7 Å². The van der Waals surface area contributed by atoms with Gasteiger partial charge in [0, 0.05) is 24.6 Å². The van der Waals surface area contributed by atoms with Gasteiger partial charge in [-0.15, -0.1) is 0 Å². The number of hydrogen-bond donors (Lipinski definition) is 0. The molecule has 20 heavy (non-hydrogen) atoms. The fourth-order valence-corrected chi connectivity index (χ4v) is 2.10. The minimum atomic E-state index is -0.452. The van der Waals surface area contributed by atoms with Crippen LogP contribution in [0.2, 0.25) is 0 Å². The summed E-state index contributed by atoms with van der Waals surface area (Å²) in [4.78, 5) is 22.8. The summed E-state index contributed by atoms with van der Waals surface area (Å²) in [5.74, 6) is 1.17. The molecule has 0 aliphatic heterocycles. The highest BCUT2D eigenvalue weighted by atomic mass is 16.5. The lowest BCUT2D eigenvalue weighted by molar-refractivity contribution is -0.116. The second-order valence-electron chi connectivity index (χ2n) is 4.50. The van der Waals surface area contributed by atoms with E-state index < -0.39 is 5.63 Å². The van der Waals surface area contributed by atoms with E-state index in [2.05, 4.69) is 0 Å². The first-order chi connectivity index (χ1) is 9.55. The van der Waals surface area contributed by atoms with E-state index >= 15 is 0 Å². The number of benzene rings is 1. The molecule has 0 saturated carbocycles. The maximum absolute atomic E-state index is 11.6. The molecule has 1 aromatic carbocycles. The van der Waals surface area contributed by atoms with E-state index in [9.17, 15) is 9.59 Å². The molecular weight excluding hydrogens is 260 g/mol. The second-order valence-corrected chi connectivity index (χ2v) is 4.50. The number of fused-ring (bicyclic) bond motifs is 1. The Bertz CT molecular complexity index is 699. The number of ketones is 1. The van der Waals surface area contributed by atoms with Crippen molar-refractivity contribution in [2.24, 2.45) is 0 Å². The van der Waals surface area contributed by atoms with Gasteiger partial charge in [-0.05, 0) is 18.9 Å². The highest BCUT2D eigenvalue weighted by Crippen LogP contribution is 2.33. The van der Waals surface area contributed by atoms with E-state index in [1.807, 2.05) is 0 Å². The molecule has 2 rings (SSSR count). The third-order valence-electron chi connectivity index (χ3n) is 3.07. The number of methoxy groups -OCH3 is 2. The van der Waals surface area contributed by atoms with Gasteiger partial charge in [-0.25, -0.2) is 4.79 Å². The van der Waals surface area contributed by atoms with Gasteiger partial charge in [0.15, 0.2) is 0 Å². The summed E-state index contributed by atoms with van der Waals surface area (Å²) in [6, 6.07) is 4.76. The first kappa shape index (κ1) is 14.1. The van der Waals surface area contributed by atoms with E-state index in [-0.39, 0.29) is 5.78 Å². The smallest absolute Gasteiger partial charge is 0.336 e. The summed E-state index contributed by atoms with van der Waals surface area (Å²) >= 11 is 0. The van der Waals surface area contributed by atoms with E-state index in [0.717, 1.165) is 5.56 Å². The third-order valence-corrected chi connectivity index (χ3v) is 3.07. The highest BCUT2D eigenvalue weighted by molar-refractivity contribution is 5.88. The van der Waals surface area contributed by atoms with Crippen LogP contribution in [0.15, 0.2) is 27.4 Å². The standard InChI is InChI=1S/C15H16O5/c1-9(16)4-5-10-6-14(17)20-13-8-11(18-2)7-12(19-3)15(10)13/h6-8H,4-5H2,1-3H3. The van der Waals surface area contributed by atoms with Crippen LogP contribution in [0.5, 0.6) is 11.5 Å². The van der Waals surface area contributed by atoms with Gasteiger partial charge in [0.25, 0.3) is 0 Å². The monoisotopic (exact) mass is 276 g/mol. The normalized spacial score (nSPS) is 10.6. The van der Waals surface area contributed by atoms with Gasteiger partial charge >= 0.3 is 5.63 Å². The molecular formula is C15H16O5. The van der Waals surface area contributed by atoms with Gasteiger partial charge in [-0.1, -0.05) is 0 Å². The van der Waals surface area contributed by atoms with Crippen LogP contribution in [0.4, 0.5) is 0 Å². The summed E-state index contributed by atoms with van der Waals surface area (Å²) in [7, 11) is 3.06. The van der Waals surface area contributed by atoms with Crippen LogP contribution >= 0.6 is 0 Å². The molecule has 5 nitrogen and oxygen atoms in total. The molecule has 106 valence electrons. The van der Waals surface area contributed by atoms with Crippen LogP contribution in [0.25, 0.3) is 11.0 Å². The van der Waals surface area contributed by atoms with Gasteiger partial charge in [0.1, 0.15) is 22.9 Å². The topological polar surface area (TPSA) is 65.7 Å². The molecule has 1 aromatic heterocycles. The first-order valence-electron chi connectivity index (χ1n) is 6.23. The fourth-order valence-electron chi connectivity index (χ4n) is 2.10. The molecule has 0 radical (unpaired) electrons. The summed E-state index contributed by atoms with van der Waals surface area (Å²) in [5, 5.41) is 0.703. The molecule has 0 spiro atoms. The van der Waals surface area contributed by atoms with Gasteiger partial charge in [-0.2, -0.15) is 0 Å². The first-order valence-corrected chi connectivity index (χ1v) is 6.23. The quantitative estimate of drug-likeness (QED) is 0.784. The zero-order chi connectivity index (χ0) is 14.7. The number of ether oxygens (including phenoxy) is 2. The predicted octanol–water partition coefficient (Wildman–Crippen LogP) is 2.33. The summed E-state index contributed by atoms with van der Waals surface area (Å²) in [5.41, 5.74) is 0.685. The maximum atomic E-state index is 11.6. The van der Waals surface area contributed by atoms with Crippen LogP contribution in [-0.2, 0) is 11.2 Å². The Balaban J connectivity index is 2.67.